The lowest BCUT2D eigenvalue weighted by Crippen LogP contribution is -2.00. The highest BCUT2D eigenvalue weighted by Gasteiger charge is 2.19. The van der Waals surface area contributed by atoms with Crippen molar-refractivity contribution < 1.29 is 0 Å². The Hall–Kier alpha value is -0.580. The molecular formula is C14H11Br2ClN2. The van der Waals surface area contributed by atoms with Gasteiger partial charge in [-0.15, -0.1) is 0 Å². The molecule has 0 saturated carbocycles. The van der Waals surface area contributed by atoms with Crippen molar-refractivity contribution in [3.8, 4) is 0 Å². The van der Waals surface area contributed by atoms with Crippen molar-refractivity contribution in [1.82, 2.24) is 4.98 Å². The van der Waals surface area contributed by atoms with Crippen LogP contribution in [0.2, 0.25) is 5.02 Å². The third-order valence-electron chi connectivity index (χ3n) is 3.48. The summed E-state index contributed by atoms with van der Waals surface area (Å²) < 4.78 is 1.93. The van der Waals surface area contributed by atoms with E-state index in [1.54, 1.807) is 0 Å². The van der Waals surface area contributed by atoms with Gasteiger partial charge in [-0.25, -0.2) is 0 Å². The van der Waals surface area contributed by atoms with E-state index in [-0.39, 0.29) is 0 Å². The number of hydrogen-bond acceptors (Lipinski definition) is 2. The number of rotatable bonds is 0. The fourth-order valence-corrected chi connectivity index (χ4v) is 3.79. The lowest BCUT2D eigenvalue weighted by atomic mass is 10.0. The van der Waals surface area contributed by atoms with E-state index >= 15 is 0 Å². The van der Waals surface area contributed by atoms with Crippen LogP contribution in [0.1, 0.15) is 22.4 Å². The maximum Gasteiger partial charge on any atom is 0.0651 e. The maximum absolute atomic E-state index is 6.16. The Labute approximate surface area is 133 Å². The second-order valence-electron chi connectivity index (χ2n) is 4.66. The molecule has 19 heavy (non-hydrogen) atoms. The summed E-state index contributed by atoms with van der Waals surface area (Å²) in [5, 5.41) is 0.616. The summed E-state index contributed by atoms with van der Waals surface area (Å²) in [4.78, 5) is 4.53. The molecule has 0 fully saturated rings. The monoisotopic (exact) mass is 400 g/mol. The van der Waals surface area contributed by atoms with Gasteiger partial charge in [-0.05, 0) is 73.5 Å². The average Bonchev–Trinajstić information content (AvgIpc) is 2.56. The summed E-state index contributed by atoms with van der Waals surface area (Å²) in [6.45, 7) is 0. The van der Waals surface area contributed by atoms with Crippen molar-refractivity contribution in [2.45, 2.75) is 19.3 Å². The Morgan fingerprint density at radius 3 is 2.68 bits per heavy atom. The van der Waals surface area contributed by atoms with Gasteiger partial charge in [0.2, 0.25) is 0 Å². The molecule has 0 saturated heterocycles. The summed E-state index contributed by atoms with van der Waals surface area (Å²) in [5.41, 5.74) is 11.5. The Balaban J connectivity index is 2.15. The van der Waals surface area contributed by atoms with Crippen LogP contribution in [0.15, 0.2) is 27.3 Å². The van der Waals surface area contributed by atoms with Crippen LogP contribution in [0.4, 0.5) is 5.69 Å². The average molecular weight is 403 g/mol. The number of benzene rings is 1. The molecule has 1 aliphatic rings. The van der Waals surface area contributed by atoms with Gasteiger partial charge in [-0.3, -0.25) is 4.98 Å². The van der Waals surface area contributed by atoms with E-state index in [1.807, 2.05) is 12.3 Å². The van der Waals surface area contributed by atoms with Gasteiger partial charge in [0.15, 0.2) is 0 Å². The van der Waals surface area contributed by atoms with Gasteiger partial charge in [-0.1, -0.05) is 11.6 Å². The van der Waals surface area contributed by atoms with Gasteiger partial charge in [0, 0.05) is 27.3 Å². The topological polar surface area (TPSA) is 38.9 Å². The molecule has 3 rings (SSSR count). The van der Waals surface area contributed by atoms with Crippen LogP contribution in [0.5, 0.6) is 0 Å². The molecule has 1 aliphatic carbocycles. The van der Waals surface area contributed by atoms with Crippen molar-refractivity contribution in [1.29, 1.82) is 0 Å². The first-order valence-corrected chi connectivity index (χ1v) is 7.91. The van der Waals surface area contributed by atoms with E-state index in [4.69, 9.17) is 17.3 Å². The fourth-order valence-electron chi connectivity index (χ4n) is 2.46. The molecule has 0 bridgehead atoms. The van der Waals surface area contributed by atoms with E-state index in [1.165, 1.54) is 16.7 Å². The van der Waals surface area contributed by atoms with Crippen LogP contribution < -0.4 is 5.73 Å². The van der Waals surface area contributed by atoms with Gasteiger partial charge in [0.25, 0.3) is 0 Å². The Morgan fingerprint density at radius 2 is 1.89 bits per heavy atom. The fraction of sp³-hybridized carbons (Fsp3) is 0.214. The van der Waals surface area contributed by atoms with E-state index in [0.29, 0.717) is 10.7 Å². The van der Waals surface area contributed by atoms with Crippen molar-refractivity contribution in [3.05, 3.63) is 54.7 Å². The first-order chi connectivity index (χ1) is 9.06. The SMILES string of the molecule is Nc1c(Cl)cc2c(c1Br)Cc1ncc(Br)cc1CC2. The Kier molecular flexibility index (Phi) is 3.58. The molecule has 0 amide bonds. The zero-order chi connectivity index (χ0) is 13.6. The van der Waals surface area contributed by atoms with Gasteiger partial charge in [0.05, 0.1) is 10.7 Å². The number of aromatic nitrogens is 1. The van der Waals surface area contributed by atoms with Crippen LogP contribution in [0.3, 0.4) is 0 Å². The Morgan fingerprint density at radius 1 is 1.16 bits per heavy atom. The van der Waals surface area contributed by atoms with Crippen LogP contribution >= 0.6 is 43.5 Å². The van der Waals surface area contributed by atoms with Crippen molar-refractivity contribution in [2.75, 3.05) is 5.73 Å². The maximum atomic E-state index is 6.16. The first kappa shape index (κ1) is 13.4. The highest BCUT2D eigenvalue weighted by molar-refractivity contribution is 9.11. The predicted octanol–water partition coefficient (Wildman–Crippen LogP) is 4.53. The number of halogens is 3. The minimum Gasteiger partial charge on any atom is -0.397 e. The van der Waals surface area contributed by atoms with Crippen molar-refractivity contribution >= 4 is 49.1 Å². The Bertz CT molecular complexity index is 671. The highest BCUT2D eigenvalue weighted by Crippen LogP contribution is 2.37. The van der Waals surface area contributed by atoms with E-state index in [0.717, 1.165) is 33.9 Å². The number of anilines is 1. The minimum absolute atomic E-state index is 0.612. The molecule has 0 unspecified atom stereocenters. The number of nitrogen functional groups attached to an aromatic ring is 1. The van der Waals surface area contributed by atoms with Crippen molar-refractivity contribution in [2.24, 2.45) is 0 Å². The third kappa shape index (κ3) is 2.41. The number of fused-ring (bicyclic) bond motifs is 2. The summed E-state index contributed by atoms with van der Waals surface area (Å²) in [6, 6.07) is 4.13. The van der Waals surface area contributed by atoms with Crippen LogP contribution in [-0.2, 0) is 19.3 Å². The predicted molar refractivity (Wildman–Crippen MR) is 85.7 cm³/mol. The molecule has 1 aromatic heterocycles. The van der Waals surface area contributed by atoms with Gasteiger partial charge in [-0.2, -0.15) is 0 Å². The van der Waals surface area contributed by atoms with Crippen LogP contribution in [0.25, 0.3) is 0 Å². The standard InChI is InChI=1S/C14H11Br2ClN2/c15-9-3-8-2-1-7-4-11(17)14(18)13(16)10(7)5-12(8)19-6-9/h3-4,6H,1-2,5,18H2. The molecule has 0 atom stereocenters. The molecule has 98 valence electrons. The normalized spacial score (nSPS) is 13.6. The molecule has 5 heteroatoms. The number of nitrogens with two attached hydrogens (primary N) is 1. The van der Waals surface area contributed by atoms with E-state index in [9.17, 15) is 0 Å². The second-order valence-corrected chi connectivity index (χ2v) is 6.78. The summed E-state index contributed by atoms with van der Waals surface area (Å²) in [5.74, 6) is 0. The van der Waals surface area contributed by atoms with Crippen LogP contribution in [0, 0.1) is 0 Å². The molecule has 0 spiro atoms. The number of nitrogens with zero attached hydrogens (tertiary/aromatic N) is 1. The lowest BCUT2D eigenvalue weighted by Gasteiger charge is -2.12. The molecule has 0 aliphatic heterocycles. The molecule has 1 heterocycles. The third-order valence-corrected chi connectivity index (χ3v) is 5.13. The summed E-state index contributed by atoms with van der Waals surface area (Å²) >= 11 is 13.2. The smallest absolute Gasteiger partial charge is 0.0651 e. The zero-order valence-corrected chi connectivity index (χ0v) is 13.9. The quantitative estimate of drug-likeness (QED) is 0.658. The highest BCUT2D eigenvalue weighted by atomic mass is 79.9. The number of hydrogen-bond donors (Lipinski definition) is 1. The van der Waals surface area contributed by atoms with Crippen LogP contribution in [-0.4, -0.2) is 4.98 Å². The number of aryl methyl sites for hydroxylation is 2. The molecule has 0 radical (unpaired) electrons. The molecule has 2 N–H and O–H groups in total. The van der Waals surface area contributed by atoms with Gasteiger partial charge in [0.1, 0.15) is 0 Å². The molecule has 2 nitrogen and oxygen atoms in total. The molecule has 1 aromatic carbocycles. The van der Waals surface area contributed by atoms with Crippen molar-refractivity contribution in [3.63, 3.8) is 0 Å². The minimum atomic E-state index is 0.612. The zero-order valence-electron chi connectivity index (χ0n) is 10.0. The van der Waals surface area contributed by atoms with Gasteiger partial charge < -0.3 is 5.73 Å². The second kappa shape index (κ2) is 5.08. The summed E-state index contributed by atoms with van der Waals surface area (Å²) in [6.07, 6.45) is 4.57. The first-order valence-electron chi connectivity index (χ1n) is 5.95. The lowest BCUT2D eigenvalue weighted by molar-refractivity contribution is 0.949. The largest absolute Gasteiger partial charge is 0.397 e. The van der Waals surface area contributed by atoms with Gasteiger partial charge >= 0.3 is 0 Å². The molecular weight excluding hydrogens is 391 g/mol. The molecule has 2 aromatic rings. The summed E-state index contributed by atoms with van der Waals surface area (Å²) in [7, 11) is 0. The van der Waals surface area contributed by atoms with E-state index < -0.39 is 0 Å². The number of pyridine rings is 1. The van der Waals surface area contributed by atoms with E-state index in [2.05, 4.69) is 42.9 Å².